The minimum absolute atomic E-state index is 0.0579. The fraction of sp³-hybridized carbons (Fsp3) is 0.0588. The van der Waals surface area contributed by atoms with Crippen LogP contribution in [-0.2, 0) is 10.1 Å². The highest BCUT2D eigenvalue weighted by atomic mass is 32.2. The van der Waals surface area contributed by atoms with Crippen molar-refractivity contribution < 1.29 is 23.2 Å². The van der Waals surface area contributed by atoms with Gasteiger partial charge in [0.05, 0.1) is 5.69 Å². The van der Waals surface area contributed by atoms with Crippen LogP contribution in [0.5, 0.6) is 11.5 Å². The van der Waals surface area contributed by atoms with Crippen LogP contribution in [0.3, 0.4) is 0 Å². The first-order chi connectivity index (χ1) is 11.8. The van der Waals surface area contributed by atoms with E-state index in [2.05, 4.69) is 10.2 Å². The summed E-state index contributed by atoms with van der Waals surface area (Å²) in [5.74, 6) is -0.693. The molecule has 0 bridgehead atoms. The summed E-state index contributed by atoms with van der Waals surface area (Å²) in [7, 11) is -4.62. The SMILES string of the molecule is Cc1ccc(O)c(/N=N/c2cc(O)c(S(=O)(=O)O)c3ccccc23)c1. The Balaban J connectivity index is 2.22. The first kappa shape index (κ1) is 16.9. The zero-order valence-corrected chi connectivity index (χ0v) is 13.9. The Morgan fingerprint density at radius 3 is 2.16 bits per heavy atom. The summed E-state index contributed by atoms with van der Waals surface area (Å²) < 4.78 is 32.5. The molecule has 0 aliphatic rings. The van der Waals surface area contributed by atoms with Gasteiger partial charge in [-0.05, 0) is 24.6 Å². The third kappa shape index (κ3) is 3.30. The van der Waals surface area contributed by atoms with Gasteiger partial charge >= 0.3 is 0 Å². The molecule has 0 saturated heterocycles. The number of phenolic OH excluding ortho intramolecular Hbond substituents is 2. The molecule has 7 nitrogen and oxygen atoms in total. The van der Waals surface area contributed by atoms with E-state index in [1.54, 1.807) is 30.3 Å². The van der Waals surface area contributed by atoms with Crippen molar-refractivity contribution >= 4 is 32.3 Å². The Kier molecular flexibility index (Phi) is 4.15. The molecule has 0 fully saturated rings. The van der Waals surface area contributed by atoms with Crippen LogP contribution in [0, 0.1) is 6.92 Å². The number of rotatable bonds is 3. The van der Waals surface area contributed by atoms with E-state index in [4.69, 9.17) is 0 Å². The standard InChI is InChI=1S/C17H14N2O5S/c1-10-6-7-15(20)14(8-10)19-18-13-9-16(21)17(25(22,23)24)12-5-3-2-4-11(12)13/h2-9,20-21H,1H3,(H,22,23,24)/b19-18+. The summed E-state index contributed by atoms with van der Waals surface area (Å²) in [5, 5.41) is 28.3. The van der Waals surface area contributed by atoms with Crippen molar-refractivity contribution in [3.63, 3.8) is 0 Å². The first-order valence-corrected chi connectivity index (χ1v) is 8.65. The van der Waals surface area contributed by atoms with E-state index in [1.807, 2.05) is 6.92 Å². The highest BCUT2D eigenvalue weighted by molar-refractivity contribution is 7.86. The number of hydrogen-bond donors (Lipinski definition) is 3. The van der Waals surface area contributed by atoms with Crippen LogP contribution in [0.4, 0.5) is 11.4 Å². The van der Waals surface area contributed by atoms with Gasteiger partial charge in [0.1, 0.15) is 22.1 Å². The molecule has 3 N–H and O–H groups in total. The molecule has 0 saturated carbocycles. The van der Waals surface area contributed by atoms with Gasteiger partial charge in [0.25, 0.3) is 10.1 Å². The number of aryl methyl sites for hydroxylation is 1. The van der Waals surface area contributed by atoms with Crippen LogP contribution in [0.1, 0.15) is 5.56 Å². The van der Waals surface area contributed by atoms with Crippen LogP contribution in [0.25, 0.3) is 10.8 Å². The van der Waals surface area contributed by atoms with Gasteiger partial charge in [-0.25, -0.2) is 0 Å². The lowest BCUT2D eigenvalue weighted by Crippen LogP contribution is -1.99. The van der Waals surface area contributed by atoms with Gasteiger partial charge in [0, 0.05) is 16.8 Å². The Hall–Kier alpha value is -2.97. The normalized spacial score (nSPS) is 12.1. The van der Waals surface area contributed by atoms with E-state index in [-0.39, 0.29) is 22.5 Å². The van der Waals surface area contributed by atoms with Crippen molar-refractivity contribution in [1.82, 2.24) is 0 Å². The molecule has 8 heteroatoms. The molecule has 0 amide bonds. The fourth-order valence-corrected chi connectivity index (χ4v) is 3.27. The maximum atomic E-state index is 11.5. The number of hydrogen-bond acceptors (Lipinski definition) is 6. The van der Waals surface area contributed by atoms with Crippen LogP contribution in [0.15, 0.2) is 63.7 Å². The summed E-state index contributed by atoms with van der Waals surface area (Å²) in [5.41, 5.74) is 1.31. The smallest absolute Gasteiger partial charge is 0.298 e. The average molecular weight is 358 g/mol. The van der Waals surface area contributed by atoms with Gasteiger partial charge in [-0.3, -0.25) is 4.55 Å². The molecule has 0 spiro atoms. The molecular formula is C17H14N2O5S. The number of phenols is 2. The third-order valence-electron chi connectivity index (χ3n) is 3.61. The quantitative estimate of drug-likeness (QED) is 0.478. The van der Waals surface area contributed by atoms with Gasteiger partial charge in [-0.2, -0.15) is 8.42 Å². The maximum absolute atomic E-state index is 11.5. The second-order valence-electron chi connectivity index (χ2n) is 5.46. The molecule has 25 heavy (non-hydrogen) atoms. The topological polar surface area (TPSA) is 120 Å². The molecule has 0 aliphatic heterocycles. The first-order valence-electron chi connectivity index (χ1n) is 7.21. The molecular weight excluding hydrogens is 344 g/mol. The molecule has 3 aromatic carbocycles. The zero-order valence-electron chi connectivity index (χ0n) is 13.1. The minimum atomic E-state index is -4.62. The molecule has 0 heterocycles. The van der Waals surface area contributed by atoms with Crippen LogP contribution < -0.4 is 0 Å². The van der Waals surface area contributed by atoms with Crippen LogP contribution >= 0.6 is 0 Å². The molecule has 0 aromatic heterocycles. The summed E-state index contributed by atoms with van der Waals surface area (Å²) in [6.07, 6.45) is 0. The average Bonchev–Trinajstić information content (AvgIpc) is 2.54. The van der Waals surface area contributed by atoms with Gasteiger partial charge < -0.3 is 10.2 Å². The number of fused-ring (bicyclic) bond motifs is 1. The maximum Gasteiger partial charge on any atom is 0.298 e. The molecule has 3 rings (SSSR count). The number of benzene rings is 3. The summed E-state index contributed by atoms with van der Waals surface area (Å²) in [6, 6.07) is 12.2. The minimum Gasteiger partial charge on any atom is -0.506 e. The van der Waals surface area contributed by atoms with Gasteiger partial charge in [-0.1, -0.05) is 30.3 Å². The highest BCUT2D eigenvalue weighted by Gasteiger charge is 2.21. The number of aromatic hydroxyl groups is 2. The van der Waals surface area contributed by atoms with E-state index in [9.17, 15) is 23.2 Å². The van der Waals surface area contributed by atoms with Crippen LogP contribution in [-0.4, -0.2) is 23.2 Å². The predicted molar refractivity (Wildman–Crippen MR) is 92.4 cm³/mol. The molecule has 128 valence electrons. The summed E-state index contributed by atoms with van der Waals surface area (Å²) in [4.78, 5) is -0.583. The molecule has 0 unspecified atom stereocenters. The Labute approximate surface area is 143 Å². The molecule has 0 atom stereocenters. The second-order valence-corrected chi connectivity index (χ2v) is 6.82. The van der Waals surface area contributed by atoms with Crippen molar-refractivity contribution in [2.75, 3.05) is 0 Å². The Morgan fingerprint density at radius 1 is 0.840 bits per heavy atom. The monoisotopic (exact) mass is 358 g/mol. The number of nitrogens with zero attached hydrogens (tertiary/aromatic N) is 2. The largest absolute Gasteiger partial charge is 0.506 e. The van der Waals surface area contributed by atoms with E-state index >= 15 is 0 Å². The molecule has 3 aromatic rings. The molecule has 0 radical (unpaired) electrons. The lowest BCUT2D eigenvalue weighted by molar-refractivity contribution is 0.446. The summed E-state index contributed by atoms with van der Waals surface area (Å²) in [6.45, 7) is 1.83. The van der Waals surface area contributed by atoms with E-state index in [1.165, 1.54) is 12.1 Å². The van der Waals surface area contributed by atoms with Gasteiger partial charge in [0.2, 0.25) is 0 Å². The van der Waals surface area contributed by atoms with Crippen molar-refractivity contribution in [3.05, 3.63) is 54.1 Å². The van der Waals surface area contributed by atoms with Crippen LogP contribution in [0.2, 0.25) is 0 Å². The second kappa shape index (κ2) is 6.15. The fourth-order valence-electron chi connectivity index (χ4n) is 2.49. The van der Waals surface area contributed by atoms with Crippen molar-refractivity contribution in [1.29, 1.82) is 0 Å². The van der Waals surface area contributed by atoms with E-state index in [0.717, 1.165) is 11.6 Å². The third-order valence-corrected chi connectivity index (χ3v) is 4.55. The molecule has 0 aliphatic carbocycles. The van der Waals surface area contributed by atoms with E-state index < -0.39 is 20.8 Å². The Morgan fingerprint density at radius 2 is 1.48 bits per heavy atom. The Bertz CT molecular complexity index is 1110. The van der Waals surface area contributed by atoms with Gasteiger partial charge in [0.15, 0.2) is 0 Å². The van der Waals surface area contributed by atoms with Crippen molar-refractivity contribution in [2.24, 2.45) is 10.2 Å². The van der Waals surface area contributed by atoms with Crippen molar-refractivity contribution in [3.8, 4) is 11.5 Å². The lowest BCUT2D eigenvalue weighted by Gasteiger charge is -2.08. The zero-order chi connectivity index (χ0) is 18.2. The van der Waals surface area contributed by atoms with Gasteiger partial charge in [-0.15, -0.1) is 10.2 Å². The summed E-state index contributed by atoms with van der Waals surface area (Å²) >= 11 is 0. The van der Waals surface area contributed by atoms with Crippen molar-refractivity contribution in [2.45, 2.75) is 11.8 Å². The highest BCUT2D eigenvalue weighted by Crippen LogP contribution is 2.39. The lowest BCUT2D eigenvalue weighted by atomic mass is 10.1. The number of azo groups is 1. The van der Waals surface area contributed by atoms with E-state index in [0.29, 0.717) is 5.39 Å². The predicted octanol–water partition coefficient (Wildman–Crippen LogP) is 4.22.